The summed E-state index contributed by atoms with van der Waals surface area (Å²) in [4.78, 5) is 24.3. The van der Waals surface area contributed by atoms with E-state index >= 15 is 0 Å². The highest BCUT2D eigenvalue weighted by Gasteiger charge is 2.03. The number of rotatable bonds is 6. The minimum absolute atomic E-state index is 0.123. The number of halogens is 1. The number of amides is 3. The molecule has 0 heterocycles. The summed E-state index contributed by atoms with van der Waals surface area (Å²) in [5.74, 6) is -0.123. The van der Waals surface area contributed by atoms with E-state index in [1.807, 2.05) is 24.3 Å². The van der Waals surface area contributed by atoms with E-state index in [9.17, 15) is 9.59 Å². The number of carbonyl (C=O) groups is 2. The van der Waals surface area contributed by atoms with Gasteiger partial charge in [0.2, 0.25) is 5.91 Å². The Balaban J connectivity index is 2.16. The molecule has 0 aliphatic rings. The van der Waals surface area contributed by atoms with Crippen LogP contribution in [0.25, 0.3) is 0 Å². The van der Waals surface area contributed by atoms with Gasteiger partial charge in [0.05, 0.1) is 6.54 Å². The molecule has 0 bridgehead atoms. The van der Waals surface area contributed by atoms with Crippen LogP contribution < -0.4 is 16.0 Å². The molecular formula is C13H19BrN4O2. The lowest BCUT2D eigenvalue weighted by Crippen LogP contribution is -2.39. The topological polar surface area (TPSA) is 73.5 Å². The molecule has 110 valence electrons. The fourth-order valence-electron chi connectivity index (χ4n) is 1.39. The summed E-state index contributed by atoms with van der Waals surface area (Å²) in [5.41, 5.74) is 0.743. The van der Waals surface area contributed by atoms with Crippen molar-refractivity contribution in [2.75, 3.05) is 39.0 Å². The number of nitrogens with zero attached hydrogens (tertiary/aromatic N) is 1. The first-order valence-corrected chi connectivity index (χ1v) is 6.99. The van der Waals surface area contributed by atoms with Gasteiger partial charge < -0.3 is 20.9 Å². The summed E-state index contributed by atoms with van der Waals surface area (Å²) in [5, 5.41) is 8.43. The summed E-state index contributed by atoms with van der Waals surface area (Å²) in [7, 11) is 3.35. The van der Waals surface area contributed by atoms with E-state index in [0.717, 1.165) is 10.2 Å². The van der Waals surface area contributed by atoms with Gasteiger partial charge in [-0.25, -0.2) is 4.79 Å². The molecule has 7 heteroatoms. The Morgan fingerprint density at radius 3 is 2.65 bits per heavy atom. The second-order valence-corrected chi connectivity index (χ2v) is 5.28. The highest BCUT2D eigenvalue weighted by molar-refractivity contribution is 9.10. The maximum absolute atomic E-state index is 11.6. The molecule has 0 spiro atoms. The van der Waals surface area contributed by atoms with Crippen LogP contribution >= 0.6 is 15.9 Å². The molecule has 0 radical (unpaired) electrons. The van der Waals surface area contributed by atoms with Gasteiger partial charge in [0, 0.05) is 37.3 Å². The molecule has 0 unspecified atom stereocenters. The summed E-state index contributed by atoms with van der Waals surface area (Å²) in [6, 6.07) is 7.24. The Bertz CT molecular complexity index is 465. The highest BCUT2D eigenvalue weighted by Crippen LogP contribution is 2.15. The summed E-state index contributed by atoms with van der Waals surface area (Å²) < 4.78 is 0.912. The average molecular weight is 343 g/mol. The fraction of sp³-hybridized carbons (Fsp3) is 0.385. The van der Waals surface area contributed by atoms with E-state index in [1.54, 1.807) is 14.1 Å². The number of carbonyl (C=O) groups excluding carboxylic acids is 2. The zero-order chi connectivity index (χ0) is 15.0. The van der Waals surface area contributed by atoms with E-state index in [0.29, 0.717) is 13.1 Å². The van der Waals surface area contributed by atoms with Crippen LogP contribution in [-0.2, 0) is 4.79 Å². The molecule has 1 rings (SSSR count). The summed E-state index contributed by atoms with van der Waals surface area (Å²) in [6.45, 7) is 1.21. The van der Waals surface area contributed by atoms with Crippen molar-refractivity contribution in [2.24, 2.45) is 0 Å². The lowest BCUT2D eigenvalue weighted by molar-refractivity contribution is -0.115. The minimum atomic E-state index is -0.148. The van der Waals surface area contributed by atoms with E-state index in [2.05, 4.69) is 31.9 Å². The molecule has 0 aromatic heterocycles. The van der Waals surface area contributed by atoms with E-state index < -0.39 is 0 Å². The Labute approximate surface area is 127 Å². The molecule has 0 saturated heterocycles. The second kappa shape index (κ2) is 8.55. The number of nitrogens with one attached hydrogen (secondary N) is 3. The third-order valence-corrected chi connectivity index (χ3v) is 2.87. The molecular weight excluding hydrogens is 324 g/mol. The quantitative estimate of drug-likeness (QED) is 0.681. The van der Waals surface area contributed by atoms with Crippen LogP contribution in [0.1, 0.15) is 0 Å². The molecule has 1 aromatic rings. The molecule has 0 atom stereocenters. The van der Waals surface area contributed by atoms with Gasteiger partial charge in [-0.3, -0.25) is 4.79 Å². The second-order valence-electron chi connectivity index (χ2n) is 4.36. The first kappa shape index (κ1) is 16.5. The molecule has 1 aromatic carbocycles. The van der Waals surface area contributed by atoms with Crippen molar-refractivity contribution in [3.8, 4) is 0 Å². The molecule has 3 amide bonds. The predicted molar refractivity (Wildman–Crippen MR) is 82.7 cm³/mol. The van der Waals surface area contributed by atoms with Crippen LogP contribution in [0, 0.1) is 0 Å². The highest BCUT2D eigenvalue weighted by atomic mass is 79.9. The predicted octanol–water partition coefficient (Wildman–Crippen LogP) is 1.25. The Morgan fingerprint density at radius 2 is 2.00 bits per heavy atom. The van der Waals surface area contributed by atoms with Crippen molar-refractivity contribution in [1.82, 2.24) is 15.5 Å². The van der Waals surface area contributed by atoms with Crippen molar-refractivity contribution >= 4 is 33.6 Å². The van der Waals surface area contributed by atoms with E-state index in [-0.39, 0.29) is 18.5 Å². The van der Waals surface area contributed by atoms with Crippen molar-refractivity contribution < 1.29 is 9.59 Å². The molecule has 6 nitrogen and oxygen atoms in total. The molecule has 0 fully saturated rings. The maximum atomic E-state index is 11.6. The van der Waals surface area contributed by atoms with Crippen molar-refractivity contribution in [1.29, 1.82) is 0 Å². The Kier molecular flexibility index (Phi) is 7.03. The standard InChI is InChI=1S/C13H19BrN4O2/c1-18(2)13(20)16-7-6-15-9-12(19)17-11-5-3-4-10(14)8-11/h3-5,8,15H,6-7,9H2,1-2H3,(H,16,20)(H,17,19). The number of benzene rings is 1. The first-order chi connectivity index (χ1) is 9.49. The Morgan fingerprint density at radius 1 is 1.25 bits per heavy atom. The van der Waals surface area contributed by atoms with Crippen LogP contribution in [0.4, 0.5) is 10.5 Å². The molecule has 0 aliphatic carbocycles. The normalized spacial score (nSPS) is 9.95. The summed E-state index contributed by atoms with van der Waals surface area (Å²) in [6.07, 6.45) is 0. The monoisotopic (exact) mass is 342 g/mol. The fourth-order valence-corrected chi connectivity index (χ4v) is 1.79. The van der Waals surface area contributed by atoms with Gasteiger partial charge in [0.25, 0.3) is 0 Å². The molecule has 3 N–H and O–H groups in total. The van der Waals surface area contributed by atoms with Crippen LogP contribution in [0.15, 0.2) is 28.7 Å². The molecule has 0 aliphatic heterocycles. The van der Waals surface area contributed by atoms with Crippen molar-refractivity contribution in [3.05, 3.63) is 28.7 Å². The number of anilines is 1. The number of hydrogen-bond acceptors (Lipinski definition) is 3. The molecule has 20 heavy (non-hydrogen) atoms. The van der Waals surface area contributed by atoms with E-state index in [1.165, 1.54) is 4.90 Å². The zero-order valence-electron chi connectivity index (χ0n) is 11.6. The van der Waals surface area contributed by atoms with E-state index in [4.69, 9.17) is 0 Å². The van der Waals surface area contributed by atoms with Crippen LogP contribution in [0.2, 0.25) is 0 Å². The zero-order valence-corrected chi connectivity index (χ0v) is 13.2. The third kappa shape index (κ3) is 6.53. The first-order valence-electron chi connectivity index (χ1n) is 6.20. The number of hydrogen-bond donors (Lipinski definition) is 3. The third-order valence-electron chi connectivity index (χ3n) is 2.38. The Hall–Kier alpha value is -1.60. The summed E-state index contributed by atoms with van der Waals surface area (Å²) >= 11 is 3.34. The van der Waals surface area contributed by atoms with Gasteiger partial charge in [-0.05, 0) is 18.2 Å². The van der Waals surface area contributed by atoms with Crippen molar-refractivity contribution in [2.45, 2.75) is 0 Å². The lowest BCUT2D eigenvalue weighted by atomic mass is 10.3. The maximum Gasteiger partial charge on any atom is 0.316 e. The van der Waals surface area contributed by atoms with Gasteiger partial charge in [0.1, 0.15) is 0 Å². The SMILES string of the molecule is CN(C)C(=O)NCCNCC(=O)Nc1cccc(Br)c1. The van der Waals surface area contributed by atoms with Crippen LogP contribution in [0.5, 0.6) is 0 Å². The molecule has 0 saturated carbocycles. The van der Waals surface area contributed by atoms with Gasteiger partial charge in [0.15, 0.2) is 0 Å². The largest absolute Gasteiger partial charge is 0.337 e. The average Bonchev–Trinajstić information content (AvgIpc) is 2.37. The number of urea groups is 1. The minimum Gasteiger partial charge on any atom is -0.337 e. The lowest BCUT2D eigenvalue weighted by Gasteiger charge is -2.12. The van der Waals surface area contributed by atoms with Crippen LogP contribution in [-0.4, -0.2) is 50.6 Å². The van der Waals surface area contributed by atoms with Gasteiger partial charge >= 0.3 is 6.03 Å². The van der Waals surface area contributed by atoms with Gasteiger partial charge in [-0.15, -0.1) is 0 Å². The van der Waals surface area contributed by atoms with Crippen molar-refractivity contribution in [3.63, 3.8) is 0 Å². The van der Waals surface area contributed by atoms with Gasteiger partial charge in [-0.1, -0.05) is 22.0 Å². The van der Waals surface area contributed by atoms with Gasteiger partial charge in [-0.2, -0.15) is 0 Å². The van der Waals surface area contributed by atoms with Crippen LogP contribution in [0.3, 0.4) is 0 Å². The smallest absolute Gasteiger partial charge is 0.316 e.